The van der Waals surface area contributed by atoms with Crippen molar-refractivity contribution in [2.24, 2.45) is 0 Å². The van der Waals surface area contributed by atoms with Gasteiger partial charge in [-0.05, 0) is 23.3 Å². The minimum absolute atomic E-state index is 0.0844. The van der Waals surface area contributed by atoms with E-state index in [-0.39, 0.29) is 5.91 Å². The molecule has 3 rings (SSSR count). The number of nitrogens with zero attached hydrogens (tertiary/aromatic N) is 1. The monoisotopic (exact) mass is 252 g/mol. The Hall–Kier alpha value is -2.29. The Balaban J connectivity index is 1.87. The highest BCUT2D eigenvalue weighted by molar-refractivity contribution is 5.99. The van der Waals surface area contributed by atoms with Crippen LogP contribution in [-0.2, 0) is 13.1 Å². The number of hydrogen-bond donors (Lipinski definition) is 1. The summed E-state index contributed by atoms with van der Waals surface area (Å²) in [5, 5.41) is 3.07. The second kappa shape index (κ2) is 4.76. The molecule has 0 atom stereocenters. The summed E-state index contributed by atoms with van der Waals surface area (Å²) in [6.07, 6.45) is 0. The molecule has 3 nitrogen and oxygen atoms in total. The maximum atomic E-state index is 12.6. The molecule has 0 radical (unpaired) electrons. The van der Waals surface area contributed by atoms with Crippen molar-refractivity contribution in [2.75, 3.05) is 12.4 Å². The fourth-order valence-corrected chi connectivity index (χ4v) is 2.53. The molecule has 3 heteroatoms. The first-order valence-electron chi connectivity index (χ1n) is 6.42. The molecular formula is C16H16N2O. The molecule has 19 heavy (non-hydrogen) atoms. The van der Waals surface area contributed by atoms with Gasteiger partial charge in [-0.3, -0.25) is 4.79 Å². The van der Waals surface area contributed by atoms with Crippen LogP contribution in [0.15, 0.2) is 48.5 Å². The van der Waals surface area contributed by atoms with E-state index in [0.29, 0.717) is 13.1 Å². The molecular weight excluding hydrogens is 236 g/mol. The molecule has 0 unspecified atom stereocenters. The first kappa shape index (κ1) is 11.8. The van der Waals surface area contributed by atoms with Gasteiger partial charge in [-0.25, -0.2) is 0 Å². The molecule has 2 aromatic rings. The van der Waals surface area contributed by atoms with E-state index in [0.717, 1.165) is 11.3 Å². The summed E-state index contributed by atoms with van der Waals surface area (Å²) in [4.78, 5) is 14.5. The number of benzene rings is 2. The number of amides is 1. The molecule has 1 N–H and O–H groups in total. The summed E-state index contributed by atoms with van der Waals surface area (Å²) in [7, 11) is 1.84. The van der Waals surface area contributed by atoms with Crippen LogP contribution >= 0.6 is 0 Å². The van der Waals surface area contributed by atoms with Gasteiger partial charge in [0, 0.05) is 25.8 Å². The van der Waals surface area contributed by atoms with Gasteiger partial charge in [-0.1, -0.05) is 36.4 Å². The van der Waals surface area contributed by atoms with Crippen LogP contribution in [0.3, 0.4) is 0 Å². The lowest BCUT2D eigenvalue weighted by molar-refractivity contribution is 0.0752. The summed E-state index contributed by atoms with van der Waals surface area (Å²) < 4.78 is 0. The zero-order chi connectivity index (χ0) is 13.2. The van der Waals surface area contributed by atoms with Crippen LogP contribution in [0.1, 0.15) is 21.5 Å². The first-order valence-corrected chi connectivity index (χ1v) is 6.42. The third-order valence-electron chi connectivity index (χ3n) is 3.55. The summed E-state index contributed by atoms with van der Waals surface area (Å²) in [6.45, 7) is 1.40. The van der Waals surface area contributed by atoms with E-state index in [4.69, 9.17) is 0 Å². The number of carbonyl (C=O) groups is 1. The van der Waals surface area contributed by atoms with E-state index < -0.39 is 0 Å². The van der Waals surface area contributed by atoms with Crippen LogP contribution in [0.2, 0.25) is 0 Å². The van der Waals surface area contributed by atoms with Crippen molar-refractivity contribution in [3.05, 3.63) is 65.2 Å². The highest BCUT2D eigenvalue weighted by Gasteiger charge is 2.24. The highest BCUT2D eigenvalue weighted by atomic mass is 16.2. The number of fused-ring (bicyclic) bond motifs is 1. The van der Waals surface area contributed by atoms with E-state index in [1.54, 1.807) is 0 Å². The minimum atomic E-state index is 0.0844. The zero-order valence-corrected chi connectivity index (χ0v) is 10.9. The van der Waals surface area contributed by atoms with Crippen LogP contribution in [-0.4, -0.2) is 17.9 Å². The normalized spacial score (nSPS) is 13.2. The smallest absolute Gasteiger partial charge is 0.256 e. The predicted molar refractivity (Wildman–Crippen MR) is 76.0 cm³/mol. The molecule has 0 aromatic heterocycles. The molecule has 0 bridgehead atoms. The molecule has 0 saturated heterocycles. The van der Waals surface area contributed by atoms with Gasteiger partial charge in [0.05, 0.1) is 5.56 Å². The zero-order valence-electron chi connectivity index (χ0n) is 10.9. The fraction of sp³-hybridized carbons (Fsp3) is 0.188. The van der Waals surface area contributed by atoms with Crippen LogP contribution in [0.5, 0.6) is 0 Å². The lowest BCUT2D eigenvalue weighted by Crippen LogP contribution is -2.26. The third kappa shape index (κ3) is 2.08. The Morgan fingerprint density at radius 3 is 2.21 bits per heavy atom. The van der Waals surface area contributed by atoms with Crippen molar-refractivity contribution in [3.63, 3.8) is 0 Å². The van der Waals surface area contributed by atoms with Crippen molar-refractivity contribution in [3.8, 4) is 0 Å². The third-order valence-corrected chi connectivity index (χ3v) is 3.55. The van der Waals surface area contributed by atoms with Gasteiger partial charge in [0.1, 0.15) is 0 Å². The van der Waals surface area contributed by atoms with Crippen LogP contribution in [0.25, 0.3) is 0 Å². The second-order valence-corrected chi connectivity index (χ2v) is 4.73. The number of hydrogen-bond acceptors (Lipinski definition) is 2. The first-order chi connectivity index (χ1) is 9.29. The van der Waals surface area contributed by atoms with Crippen molar-refractivity contribution < 1.29 is 4.79 Å². The van der Waals surface area contributed by atoms with Gasteiger partial charge in [-0.15, -0.1) is 0 Å². The Morgan fingerprint density at radius 1 is 1.00 bits per heavy atom. The lowest BCUT2D eigenvalue weighted by Gasteiger charge is -2.17. The van der Waals surface area contributed by atoms with Gasteiger partial charge in [-0.2, -0.15) is 0 Å². The van der Waals surface area contributed by atoms with Gasteiger partial charge < -0.3 is 10.2 Å². The van der Waals surface area contributed by atoms with Gasteiger partial charge in [0.25, 0.3) is 5.91 Å². The number of nitrogens with one attached hydrogen (secondary N) is 1. The summed E-state index contributed by atoms with van der Waals surface area (Å²) in [5.74, 6) is 0.0844. The van der Waals surface area contributed by atoms with Crippen LogP contribution < -0.4 is 5.32 Å². The molecule has 0 saturated carbocycles. The van der Waals surface area contributed by atoms with Crippen molar-refractivity contribution in [1.82, 2.24) is 4.90 Å². The van der Waals surface area contributed by atoms with Crippen molar-refractivity contribution in [1.29, 1.82) is 0 Å². The van der Waals surface area contributed by atoms with Crippen molar-refractivity contribution >= 4 is 11.6 Å². The van der Waals surface area contributed by atoms with E-state index in [2.05, 4.69) is 17.4 Å². The molecule has 96 valence electrons. The summed E-state index contributed by atoms with van der Waals surface area (Å²) in [5.41, 5.74) is 4.11. The SMILES string of the molecule is CNc1ccccc1C(=O)N1Cc2ccccc2C1. The second-order valence-electron chi connectivity index (χ2n) is 4.73. The Bertz CT molecular complexity index is 597. The van der Waals surface area contributed by atoms with E-state index in [1.165, 1.54) is 11.1 Å². The van der Waals surface area contributed by atoms with Crippen LogP contribution in [0, 0.1) is 0 Å². The topological polar surface area (TPSA) is 32.3 Å². The van der Waals surface area contributed by atoms with Gasteiger partial charge in [0.15, 0.2) is 0 Å². The van der Waals surface area contributed by atoms with Crippen molar-refractivity contribution in [2.45, 2.75) is 13.1 Å². The van der Waals surface area contributed by atoms with Crippen LogP contribution in [0.4, 0.5) is 5.69 Å². The average Bonchev–Trinajstić information content (AvgIpc) is 2.90. The molecule has 1 aliphatic rings. The Labute approximate surface area is 112 Å². The highest BCUT2D eigenvalue weighted by Crippen LogP contribution is 2.25. The average molecular weight is 252 g/mol. The quantitative estimate of drug-likeness (QED) is 0.891. The molecule has 0 spiro atoms. The standard InChI is InChI=1S/C16H16N2O/c1-17-15-9-5-4-8-14(15)16(19)18-10-12-6-2-3-7-13(12)11-18/h2-9,17H,10-11H2,1H3. The lowest BCUT2D eigenvalue weighted by atomic mass is 10.1. The molecule has 1 heterocycles. The number of rotatable bonds is 2. The molecule has 2 aromatic carbocycles. The number of carbonyl (C=O) groups excluding carboxylic acids is 1. The molecule has 1 amide bonds. The number of anilines is 1. The molecule has 1 aliphatic heterocycles. The minimum Gasteiger partial charge on any atom is -0.387 e. The molecule has 0 fully saturated rings. The van der Waals surface area contributed by atoms with Gasteiger partial charge >= 0.3 is 0 Å². The Morgan fingerprint density at radius 2 is 1.58 bits per heavy atom. The maximum absolute atomic E-state index is 12.6. The fourth-order valence-electron chi connectivity index (χ4n) is 2.53. The largest absolute Gasteiger partial charge is 0.387 e. The summed E-state index contributed by atoms with van der Waals surface area (Å²) >= 11 is 0. The van der Waals surface area contributed by atoms with Gasteiger partial charge in [0.2, 0.25) is 0 Å². The molecule has 0 aliphatic carbocycles. The summed E-state index contributed by atoms with van der Waals surface area (Å²) in [6, 6.07) is 15.9. The Kier molecular flexibility index (Phi) is 2.95. The maximum Gasteiger partial charge on any atom is 0.256 e. The number of para-hydroxylation sites is 1. The van der Waals surface area contributed by atoms with E-state index >= 15 is 0 Å². The predicted octanol–water partition coefficient (Wildman–Crippen LogP) is 2.88. The van der Waals surface area contributed by atoms with E-state index in [9.17, 15) is 4.79 Å². The van der Waals surface area contributed by atoms with E-state index in [1.807, 2.05) is 48.3 Å².